The molecule has 0 aliphatic heterocycles. The van der Waals surface area contributed by atoms with Gasteiger partial charge in [0.2, 0.25) is 5.95 Å². The van der Waals surface area contributed by atoms with Crippen molar-refractivity contribution < 1.29 is 0 Å². The van der Waals surface area contributed by atoms with E-state index in [1.54, 1.807) is 12.4 Å². The maximum Gasteiger partial charge on any atom is 0.231 e. The van der Waals surface area contributed by atoms with Gasteiger partial charge in [0.05, 0.1) is 5.39 Å². The minimum Gasteiger partial charge on any atom is -0.367 e. The molecule has 0 amide bonds. The van der Waals surface area contributed by atoms with Crippen LogP contribution < -0.4 is 10.6 Å². The monoisotopic (exact) mass is 280 g/mol. The van der Waals surface area contributed by atoms with E-state index in [-0.39, 0.29) is 0 Å². The predicted octanol–water partition coefficient (Wildman–Crippen LogP) is 3.06. The number of nitrogens with one attached hydrogen (secondary N) is 3. The Morgan fingerprint density at radius 3 is 2.71 bits per heavy atom. The zero-order valence-corrected chi connectivity index (χ0v) is 11.5. The maximum absolute atomic E-state index is 4.62. The van der Waals surface area contributed by atoms with Crippen LogP contribution in [0.2, 0.25) is 0 Å². The summed E-state index contributed by atoms with van der Waals surface area (Å²) < 4.78 is 0. The largest absolute Gasteiger partial charge is 0.367 e. The summed E-state index contributed by atoms with van der Waals surface area (Å²) in [5.41, 5.74) is 1.76. The Hall–Kier alpha value is -2.63. The molecule has 1 aliphatic rings. The molecule has 0 radical (unpaired) electrons. The van der Waals surface area contributed by atoms with Gasteiger partial charge in [-0.2, -0.15) is 9.97 Å². The standard InChI is InChI=1S/C15H16N6/c1-2-10(3-1)18-14-12-6-9-17-13(12)20-15(21-14)19-11-4-7-16-8-5-11/h4-10H,1-3H2,(H3,16,17,18,19,20,21). The van der Waals surface area contributed by atoms with Gasteiger partial charge in [-0.3, -0.25) is 4.98 Å². The number of aromatic nitrogens is 4. The number of H-pyrrole nitrogens is 1. The van der Waals surface area contributed by atoms with Crippen LogP contribution in [0, 0.1) is 0 Å². The van der Waals surface area contributed by atoms with Gasteiger partial charge in [-0.1, -0.05) is 0 Å². The van der Waals surface area contributed by atoms with E-state index in [0.717, 1.165) is 22.5 Å². The number of anilines is 3. The Bertz CT molecular complexity index is 747. The van der Waals surface area contributed by atoms with Gasteiger partial charge < -0.3 is 15.6 Å². The number of fused-ring (bicyclic) bond motifs is 1. The van der Waals surface area contributed by atoms with Gasteiger partial charge in [-0.15, -0.1) is 0 Å². The molecule has 6 nitrogen and oxygen atoms in total. The minimum atomic E-state index is 0.534. The lowest BCUT2D eigenvalue weighted by atomic mass is 9.93. The van der Waals surface area contributed by atoms with Crippen molar-refractivity contribution >= 4 is 28.5 Å². The van der Waals surface area contributed by atoms with Crippen LogP contribution in [0.3, 0.4) is 0 Å². The van der Waals surface area contributed by atoms with E-state index in [4.69, 9.17) is 0 Å². The van der Waals surface area contributed by atoms with E-state index >= 15 is 0 Å². The fourth-order valence-electron chi connectivity index (χ4n) is 2.42. The van der Waals surface area contributed by atoms with Gasteiger partial charge in [0, 0.05) is 30.3 Å². The first kappa shape index (κ1) is 12.1. The summed E-state index contributed by atoms with van der Waals surface area (Å²) in [5, 5.41) is 7.75. The first-order chi connectivity index (χ1) is 10.4. The number of rotatable bonds is 4. The average Bonchev–Trinajstić information content (AvgIpc) is 2.92. The molecule has 21 heavy (non-hydrogen) atoms. The molecule has 106 valence electrons. The molecule has 4 rings (SSSR count). The SMILES string of the molecule is c1cc(Nc2nc(NC3CCC3)c3cc[nH]c3n2)ccn1. The lowest BCUT2D eigenvalue weighted by molar-refractivity contribution is 0.445. The molecule has 1 aliphatic carbocycles. The Morgan fingerprint density at radius 1 is 1.10 bits per heavy atom. The summed E-state index contributed by atoms with van der Waals surface area (Å²) in [7, 11) is 0. The van der Waals surface area contributed by atoms with Gasteiger partial charge in [-0.25, -0.2) is 0 Å². The van der Waals surface area contributed by atoms with Gasteiger partial charge in [-0.05, 0) is 37.5 Å². The third-order valence-electron chi connectivity index (χ3n) is 3.80. The predicted molar refractivity (Wildman–Crippen MR) is 82.7 cm³/mol. The average molecular weight is 280 g/mol. The van der Waals surface area contributed by atoms with Crippen LogP contribution in [-0.4, -0.2) is 26.0 Å². The summed E-state index contributed by atoms with van der Waals surface area (Å²) in [6.45, 7) is 0. The van der Waals surface area contributed by atoms with Gasteiger partial charge in [0.25, 0.3) is 0 Å². The van der Waals surface area contributed by atoms with E-state index < -0.39 is 0 Å². The molecule has 3 aromatic heterocycles. The Morgan fingerprint density at radius 2 is 1.95 bits per heavy atom. The highest BCUT2D eigenvalue weighted by Crippen LogP contribution is 2.27. The van der Waals surface area contributed by atoms with Crippen LogP contribution in [0.5, 0.6) is 0 Å². The fourth-order valence-corrected chi connectivity index (χ4v) is 2.42. The highest BCUT2D eigenvalue weighted by atomic mass is 15.2. The first-order valence-electron chi connectivity index (χ1n) is 7.17. The van der Waals surface area contributed by atoms with Crippen molar-refractivity contribution in [2.24, 2.45) is 0 Å². The summed E-state index contributed by atoms with van der Waals surface area (Å²) in [4.78, 5) is 16.3. The van der Waals surface area contributed by atoms with E-state index in [0.29, 0.717) is 12.0 Å². The second-order valence-electron chi connectivity index (χ2n) is 5.27. The van der Waals surface area contributed by atoms with Gasteiger partial charge in [0.15, 0.2) is 0 Å². The minimum absolute atomic E-state index is 0.534. The van der Waals surface area contributed by atoms with Gasteiger partial charge in [0.1, 0.15) is 11.5 Å². The molecular weight excluding hydrogens is 264 g/mol. The zero-order valence-electron chi connectivity index (χ0n) is 11.5. The normalized spacial score (nSPS) is 14.9. The van der Waals surface area contributed by atoms with Crippen molar-refractivity contribution in [3.8, 4) is 0 Å². The molecule has 3 aromatic rings. The summed E-state index contributed by atoms with van der Waals surface area (Å²) in [5.74, 6) is 1.47. The molecular formula is C15H16N6. The molecule has 0 saturated heterocycles. The van der Waals surface area contributed by atoms with E-state index in [2.05, 4.69) is 30.6 Å². The molecule has 0 bridgehead atoms. The highest BCUT2D eigenvalue weighted by Gasteiger charge is 2.19. The van der Waals surface area contributed by atoms with Crippen molar-refractivity contribution in [2.45, 2.75) is 25.3 Å². The lowest BCUT2D eigenvalue weighted by Crippen LogP contribution is -2.27. The van der Waals surface area contributed by atoms with Crippen LogP contribution >= 0.6 is 0 Å². The first-order valence-corrected chi connectivity index (χ1v) is 7.17. The van der Waals surface area contributed by atoms with Crippen molar-refractivity contribution in [2.75, 3.05) is 10.6 Å². The fraction of sp³-hybridized carbons (Fsp3) is 0.267. The quantitative estimate of drug-likeness (QED) is 0.684. The van der Waals surface area contributed by atoms with Crippen molar-refractivity contribution in [3.05, 3.63) is 36.8 Å². The number of nitrogens with zero attached hydrogens (tertiary/aromatic N) is 3. The van der Waals surface area contributed by atoms with Crippen molar-refractivity contribution in [1.29, 1.82) is 0 Å². The van der Waals surface area contributed by atoms with Crippen molar-refractivity contribution in [1.82, 2.24) is 19.9 Å². The summed E-state index contributed by atoms with van der Waals surface area (Å²) in [6.07, 6.45) is 9.08. The van der Waals surface area contributed by atoms with E-state index in [1.807, 2.05) is 24.4 Å². The second-order valence-corrected chi connectivity index (χ2v) is 5.27. The maximum atomic E-state index is 4.62. The smallest absolute Gasteiger partial charge is 0.231 e. The number of pyridine rings is 1. The van der Waals surface area contributed by atoms with Crippen LogP contribution in [0.1, 0.15) is 19.3 Å². The summed E-state index contributed by atoms with van der Waals surface area (Å²) >= 11 is 0. The number of hydrogen-bond donors (Lipinski definition) is 3. The van der Waals surface area contributed by atoms with Gasteiger partial charge >= 0.3 is 0 Å². The molecule has 1 fully saturated rings. The molecule has 3 N–H and O–H groups in total. The van der Waals surface area contributed by atoms with Crippen LogP contribution in [0.15, 0.2) is 36.8 Å². The van der Waals surface area contributed by atoms with Crippen LogP contribution in [0.4, 0.5) is 17.5 Å². The summed E-state index contributed by atoms with van der Waals surface area (Å²) in [6, 6.07) is 6.32. The second kappa shape index (κ2) is 5.05. The third kappa shape index (κ3) is 2.40. The van der Waals surface area contributed by atoms with Crippen molar-refractivity contribution in [3.63, 3.8) is 0 Å². The Balaban J connectivity index is 1.68. The topological polar surface area (TPSA) is 78.5 Å². The zero-order chi connectivity index (χ0) is 14.1. The van der Waals surface area contributed by atoms with Crippen LogP contribution in [0.25, 0.3) is 11.0 Å². The highest BCUT2D eigenvalue weighted by molar-refractivity contribution is 5.88. The number of hydrogen-bond acceptors (Lipinski definition) is 5. The molecule has 0 atom stereocenters. The number of aromatic amines is 1. The van der Waals surface area contributed by atoms with Crippen LogP contribution in [-0.2, 0) is 0 Å². The Labute approximate surface area is 122 Å². The molecule has 0 unspecified atom stereocenters. The molecule has 1 saturated carbocycles. The Kier molecular flexibility index (Phi) is 2.92. The molecule has 0 spiro atoms. The molecule has 6 heteroatoms. The molecule has 0 aromatic carbocycles. The lowest BCUT2D eigenvalue weighted by Gasteiger charge is -2.27. The van der Waals surface area contributed by atoms with E-state index in [1.165, 1.54) is 19.3 Å². The van der Waals surface area contributed by atoms with E-state index in [9.17, 15) is 0 Å². The third-order valence-corrected chi connectivity index (χ3v) is 3.80. The molecule has 3 heterocycles.